The highest BCUT2D eigenvalue weighted by Crippen LogP contribution is 2.57. The minimum atomic E-state index is -0.949. The van der Waals surface area contributed by atoms with Gasteiger partial charge < -0.3 is 24.6 Å². The molecular weight excluding hydrogens is 616 g/mol. The summed E-state index contributed by atoms with van der Waals surface area (Å²) in [5, 5.41) is 23.5. The molecule has 250 valence electrons. The van der Waals surface area contributed by atoms with E-state index in [1.54, 1.807) is 41.7 Å². The third kappa shape index (κ3) is 5.67. The van der Waals surface area contributed by atoms with Crippen molar-refractivity contribution < 1.29 is 29.4 Å². The number of hydrogen-bond donors (Lipinski definition) is 4. The van der Waals surface area contributed by atoms with Crippen LogP contribution in [0.2, 0.25) is 0 Å². The number of ether oxygens (including phenoxy) is 1. The number of fused-ring (bicyclic) bond motifs is 4. The zero-order valence-corrected chi connectivity index (χ0v) is 26.8. The van der Waals surface area contributed by atoms with Gasteiger partial charge in [0.15, 0.2) is 0 Å². The van der Waals surface area contributed by atoms with Gasteiger partial charge in [0.25, 0.3) is 5.91 Å². The number of benzene rings is 2. The van der Waals surface area contributed by atoms with Crippen molar-refractivity contribution >= 4 is 34.4 Å². The predicted molar refractivity (Wildman–Crippen MR) is 174 cm³/mol. The average molecular weight is 655 g/mol. The van der Waals surface area contributed by atoms with Gasteiger partial charge in [0.1, 0.15) is 5.82 Å². The van der Waals surface area contributed by atoms with Gasteiger partial charge in [-0.2, -0.15) is 4.98 Å². The van der Waals surface area contributed by atoms with Crippen LogP contribution in [0.4, 0.5) is 5.82 Å². The summed E-state index contributed by atoms with van der Waals surface area (Å²) >= 11 is 0. The second-order valence-electron chi connectivity index (χ2n) is 13.2. The van der Waals surface area contributed by atoms with Crippen LogP contribution in [0.5, 0.6) is 0 Å². The van der Waals surface area contributed by atoms with E-state index < -0.39 is 23.1 Å². The second-order valence-corrected chi connectivity index (χ2v) is 13.2. The molecule has 48 heavy (non-hydrogen) atoms. The molecule has 7 rings (SSSR count). The van der Waals surface area contributed by atoms with Gasteiger partial charge in [0.05, 0.1) is 24.4 Å². The molecular formula is C35H38N6O7. The zero-order chi connectivity index (χ0) is 33.7. The van der Waals surface area contributed by atoms with Crippen molar-refractivity contribution in [3.63, 3.8) is 0 Å². The van der Waals surface area contributed by atoms with Crippen LogP contribution < -0.4 is 16.5 Å². The number of carbonyl (C=O) groups is 3. The molecule has 3 amide bonds. The number of hydrogen-bond acceptors (Lipinski definition) is 8. The summed E-state index contributed by atoms with van der Waals surface area (Å²) in [5.41, 5.74) is 4.79. The minimum Gasteiger partial charge on any atom is -0.389 e. The molecule has 4 heterocycles. The first-order valence-corrected chi connectivity index (χ1v) is 16.2. The summed E-state index contributed by atoms with van der Waals surface area (Å²) in [6, 6.07) is 16.4. The number of amides is 3. The summed E-state index contributed by atoms with van der Waals surface area (Å²) in [5.74, 6) is -1.25. The Morgan fingerprint density at radius 1 is 1.08 bits per heavy atom. The molecule has 13 nitrogen and oxygen atoms in total. The van der Waals surface area contributed by atoms with Crippen LogP contribution >= 0.6 is 0 Å². The van der Waals surface area contributed by atoms with Gasteiger partial charge in [-0.15, -0.1) is 0 Å². The SMILES string of the molecule is CC1COC2C(n3ccc(NC(=O)CCC(=O)N4CCc5c(c6ccccc6n5Cc5ccc(C(=O)NO)cc5)C4)nc3=O)C2C1(C)O. The maximum atomic E-state index is 13.3. The number of nitrogens with zero attached hydrogens (tertiary/aromatic N) is 4. The van der Waals surface area contributed by atoms with Crippen LogP contribution in [0, 0.1) is 11.8 Å². The first-order chi connectivity index (χ1) is 23.1. The fraction of sp³-hybridized carbons (Fsp3) is 0.400. The van der Waals surface area contributed by atoms with E-state index in [0.29, 0.717) is 38.2 Å². The number of aromatic nitrogens is 3. The van der Waals surface area contributed by atoms with E-state index in [4.69, 9.17) is 9.94 Å². The number of para-hydroxylation sites is 1. The summed E-state index contributed by atoms with van der Waals surface area (Å²) < 4.78 is 9.53. The lowest BCUT2D eigenvalue weighted by atomic mass is 9.85. The molecule has 2 fully saturated rings. The zero-order valence-electron chi connectivity index (χ0n) is 26.8. The van der Waals surface area contributed by atoms with E-state index >= 15 is 0 Å². The largest absolute Gasteiger partial charge is 0.389 e. The van der Waals surface area contributed by atoms with Crippen LogP contribution in [0.3, 0.4) is 0 Å². The van der Waals surface area contributed by atoms with Crippen LogP contribution in [0.25, 0.3) is 10.9 Å². The third-order valence-electron chi connectivity index (χ3n) is 10.3. The molecule has 3 aliphatic rings. The normalized spacial score (nSPS) is 24.5. The molecule has 2 aliphatic heterocycles. The van der Waals surface area contributed by atoms with Crippen molar-refractivity contribution in [2.24, 2.45) is 11.8 Å². The lowest BCUT2D eigenvalue weighted by molar-refractivity contribution is -0.133. The molecule has 13 heteroatoms. The van der Waals surface area contributed by atoms with Crippen molar-refractivity contribution in [3.8, 4) is 0 Å². The Balaban J connectivity index is 0.974. The average Bonchev–Trinajstić information content (AvgIpc) is 3.75. The summed E-state index contributed by atoms with van der Waals surface area (Å²) in [6.45, 7) is 5.65. The first kappa shape index (κ1) is 31.7. The van der Waals surface area contributed by atoms with Gasteiger partial charge in [-0.05, 0) is 36.8 Å². The molecule has 4 N–H and O–H groups in total. The van der Waals surface area contributed by atoms with Crippen molar-refractivity contribution in [2.75, 3.05) is 18.5 Å². The number of hydroxylamine groups is 1. The lowest BCUT2D eigenvalue weighted by Gasteiger charge is -2.34. The smallest absolute Gasteiger partial charge is 0.349 e. The molecule has 5 unspecified atom stereocenters. The number of rotatable bonds is 8. The van der Waals surface area contributed by atoms with Gasteiger partial charge in [0.2, 0.25) is 11.8 Å². The lowest BCUT2D eigenvalue weighted by Crippen LogP contribution is -2.43. The van der Waals surface area contributed by atoms with E-state index in [-0.39, 0.29) is 48.5 Å². The molecule has 0 spiro atoms. The minimum absolute atomic E-state index is 0.0146. The number of nitrogens with one attached hydrogen (secondary N) is 2. The molecule has 0 radical (unpaired) electrons. The monoisotopic (exact) mass is 654 g/mol. The van der Waals surface area contributed by atoms with E-state index in [9.17, 15) is 24.3 Å². The quantitative estimate of drug-likeness (QED) is 0.166. The molecule has 0 bridgehead atoms. The Labute approximate surface area is 276 Å². The maximum absolute atomic E-state index is 13.3. The Morgan fingerprint density at radius 2 is 1.85 bits per heavy atom. The van der Waals surface area contributed by atoms with Crippen LogP contribution in [0.1, 0.15) is 59.9 Å². The van der Waals surface area contributed by atoms with Crippen molar-refractivity contribution in [2.45, 2.75) is 63.9 Å². The van der Waals surface area contributed by atoms with E-state index in [1.165, 1.54) is 4.57 Å². The van der Waals surface area contributed by atoms with E-state index in [1.807, 2.05) is 31.2 Å². The predicted octanol–water partition coefficient (Wildman–Crippen LogP) is 2.63. The highest BCUT2D eigenvalue weighted by atomic mass is 16.5. The van der Waals surface area contributed by atoms with Gasteiger partial charge in [-0.25, -0.2) is 10.3 Å². The van der Waals surface area contributed by atoms with E-state index in [0.717, 1.165) is 27.7 Å². The second kappa shape index (κ2) is 12.3. The standard InChI is InChI=1S/C35H38N6O7/c1-20-19-48-32-30(35(20,2)46)31(32)40-16-14-27(37-34(40)45)36-28(42)11-12-29(43)39-15-13-26-24(18-39)23-5-3-4-6-25(23)41(26)17-21-7-9-22(10-8-21)33(44)38-47/h3-10,14,16,20,30-32,46-47H,11-13,15,17-19H2,1-2H3,(H,38,44)(H,36,37,42,45). The summed E-state index contributed by atoms with van der Waals surface area (Å²) in [4.78, 5) is 56.4. The fourth-order valence-corrected chi connectivity index (χ4v) is 7.33. The molecule has 5 atom stereocenters. The highest BCUT2D eigenvalue weighted by molar-refractivity contribution is 5.94. The highest BCUT2D eigenvalue weighted by Gasteiger charge is 2.65. The Hall–Kier alpha value is -4.85. The molecule has 4 aromatic rings. The van der Waals surface area contributed by atoms with E-state index in [2.05, 4.69) is 27.0 Å². The summed E-state index contributed by atoms with van der Waals surface area (Å²) in [7, 11) is 0. The van der Waals surface area contributed by atoms with Gasteiger partial charge in [0, 0.05) is 84.7 Å². The Bertz CT molecular complexity index is 1970. The summed E-state index contributed by atoms with van der Waals surface area (Å²) in [6.07, 6.45) is 1.93. The third-order valence-corrected chi connectivity index (χ3v) is 10.3. The molecule has 2 aromatic carbocycles. The van der Waals surface area contributed by atoms with Gasteiger partial charge in [-0.1, -0.05) is 37.3 Å². The van der Waals surface area contributed by atoms with Crippen molar-refractivity contribution in [1.82, 2.24) is 24.5 Å². The molecule has 2 aromatic heterocycles. The van der Waals surface area contributed by atoms with Crippen LogP contribution in [-0.4, -0.2) is 71.9 Å². The van der Waals surface area contributed by atoms with Crippen molar-refractivity contribution in [3.05, 3.63) is 93.7 Å². The molecule has 1 aliphatic carbocycles. The van der Waals surface area contributed by atoms with Crippen molar-refractivity contribution in [1.29, 1.82) is 0 Å². The van der Waals surface area contributed by atoms with Gasteiger partial charge >= 0.3 is 5.69 Å². The molecule has 1 saturated carbocycles. The number of carbonyl (C=O) groups excluding carboxylic acids is 3. The first-order valence-electron chi connectivity index (χ1n) is 16.2. The van der Waals surface area contributed by atoms with Crippen LogP contribution in [-0.2, 0) is 33.8 Å². The van der Waals surface area contributed by atoms with Gasteiger partial charge in [-0.3, -0.25) is 24.2 Å². The Morgan fingerprint density at radius 3 is 2.60 bits per heavy atom. The topological polar surface area (TPSA) is 168 Å². The fourth-order valence-electron chi connectivity index (χ4n) is 7.33. The Kier molecular flexibility index (Phi) is 8.14. The number of aliphatic hydroxyl groups is 1. The maximum Gasteiger partial charge on any atom is 0.349 e. The number of anilines is 1. The molecule has 1 saturated heterocycles. The van der Waals surface area contributed by atoms with Crippen LogP contribution in [0.15, 0.2) is 65.6 Å².